The Hall–Kier alpha value is -2.60. The number of aromatic nitrogens is 1. The largest absolute Gasteiger partial charge is 0.464 e. The number of thiazole rings is 1. The first-order chi connectivity index (χ1) is 14.0. The summed E-state index contributed by atoms with van der Waals surface area (Å²) in [5.74, 6) is 0.378. The first kappa shape index (κ1) is 19.7. The first-order valence-electron chi connectivity index (χ1n) is 8.84. The molecular weight excluding hydrogens is 427 g/mol. The third kappa shape index (κ3) is 4.70. The molecule has 0 radical (unpaired) electrons. The minimum Gasteiger partial charge on any atom is -0.464 e. The number of nitrogens with zero attached hydrogens (tertiary/aromatic N) is 1. The number of aryl methyl sites for hydroxylation is 1. The van der Waals surface area contributed by atoms with Crippen LogP contribution in [0.4, 0.5) is 5.13 Å². The molecule has 4 rings (SSSR count). The molecule has 0 aliphatic carbocycles. The molecule has 1 aliphatic heterocycles. The predicted molar refractivity (Wildman–Crippen MR) is 119 cm³/mol. The standard InChI is InChI=1S/C22H16Cl2N2O2S/c1-13-20(10-14-3-2-4-17(23)9-14)29-22(25-13)26-21(27)15-7-8-28-19-6-5-18(24)12-16(19)11-15/h2-9,11-12H,10H2,1H3,(H,25,26,27). The molecule has 3 aromatic rings. The fraction of sp³-hybridized carbons (Fsp3) is 0.0909. The number of rotatable bonds is 4. The van der Waals surface area contributed by atoms with Crippen LogP contribution in [0.3, 0.4) is 0 Å². The Labute approximate surface area is 182 Å². The number of carbonyl (C=O) groups is 1. The van der Waals surface area contributed by atoms with Crippen molar-refractivity contribution >= 4 is 51.7 Å². The van der Waals surface area contributed by atoms with Crippen LogP contribution in [0.25, 0.3) is 6.08 Å². The van der Waals surface area contributed by atoms with Gasteiger partial charge in [-0.15, -0.1) is 11.3 Å². The van der Waals surface area contributed by atoms with E-state index in [-0.39, 0.29) is 5.91 Å². The van der Waals surface area contributed by atoms with Crippen LogP contribution in [-0.4, -0.2) is 10.9 Å². The molecule has 0 bridgehead atoms. The second kappa shape index (κ2) is 8.41. The van der Waals surface area contributed by atoms with Crippen molar-refractivity contribution in [3.8, 4) is 5.75 Å². The molecule has 2 heterocycles. The molecular formula is C22H16Cl2N2O2S. The normalized spacial score (nSPS) is 12.6. The van der Waals surface area contributed by atoms with Gasteiger partial charge in [0.25, 0.3) is 5.91 Å². The van der Waals surface area contributed by atoms with Gasteiger partial charge in [0.05, 0.1) is 12.0 Å². The smallest absolute Gasteiger partial charge is 0.257 e. The summed E-state index contributed by atoms with van der Waals surface area (Å²) < 4.78 is 5.54. The van der Waals surface area contributed by atoms with Crippen LogP contribution in [0.5, 0.6) is 5.75 Å². The van der Waals surface area contributed by atoms with Gasteiger partial charge in [0.1, 0.15) is 5.75 Å². The SMILES string of the molecule is Cc1nc(NC(=O)C2=Cc3cc(Cl)ccc3OC=C2)sc1Cc1cccc(Cl)c1. The van der Waals surface area contributed by atoms with Gasteiger partial charge in [-0.2, -0.15) is 0 Å². The fourth-order valence-electron chi connectivity index (χ4n) is 2.92. The molecule has 1 N–H and O–H groups in total. The van der Waals surface area contributed by atoms with Crippen LogP contribution in [0, 0.1) is 6.92 Å². The average Bonchev–Trinajstić information content (AvgIpc) is 2.88. The lowest BCUT2D eigenvalue weighted by Gasteiger charge is -2.04. The van der Waals surface area contributed by atoms with Gasteiger partial charge in [-0.05, 0) is 55.0 Å². The molecule has 2 aromatic carbocycles. The number of nitrogens with one attached hydrogen (secondary N) is 1. The zero-order valence-electron chi connectivity index (χ0n) is 15.4. The second-order valence-electron chi connectivity index (χ2n) is 6.49. The monoisotopic (exact) mass is 442 g/mol. The maximum Gasteiger partial charge on any atom is 0.257 e. The van der Waals surface area contributed by atoms with Crippen molar-refractivity contribution in [3.63, 3.8) is 0 Å². The van der Waals surface area contributed by atoms with Crippen LogP contribution in [0.1, 0.15) is 21.7 Å². The van der Waals surface area contributed by atoms with E-state index in [1.807, 2.05) is 31.2 Å². The summed E-state index contributed by atoms with van der Waals surface area (Å²) in [7, 11) is 0. The van der Waals surface area contributed by atoms with Crippen molar-refractivity contribution in [2.24, 2.45) is 0 Å². The summed E-state index contributed by atoms with van der Waals surface area (Å²) in [6.45, 7) is 1.93. The number of fused-ring (bicyclic) bond motifs is 1. The quantitative estimate of drug-likeness (QED) is 0.517. The zero-order valence-corrected chi connectivity index (χ0v) is 17.7. The highest BCUT2D eigenvalue weighted by molar-refractivity contribution is 7.15. The minimum atomic E-state index is -0.263. The summed E-state index contributed by atoms with van der Waals surface area (Å²) in [6.07, 6.45) is 5.56. The molecule has 1 aromatic heterocycles. The molecule has 7 heteroatoms. The molecule has 0 fully saturated rings. The molecule has 0 unspecified atom stereocenters. The summed E-state index contributed by atoms with van der Waals surface area (Å²) >= 11 is 13.6. The third-order valence-corrected chi connectivity index (χ3v) is 5.90. The van der Waals surface area contributed by atoms with Crippen LogP contribution in [0.15, 0.2) is 60.4 Å². The average molecular weight is 443 g/mol. The van der Waals surface area contributed by atoms with Gasteiger partial charge < -0.3 is 4.74 Å². The van der Waals surface area contributed by atoms with Crippen molar-refractivity contribution < 1.29 is 9.53 Å². The lowest BCUT2D eigenvalue weighted by atomic mass is 10.1. The van der Waals surface area contributed by atoms with Crippen LogP contribution in [0.2, 0.25) is 10.0 Å². The number of benzene rings is 2. The van der Waals surface area contributed by atoms with E-state index >= 15 is 0 Å². The molecule has 0 spiro atoms. The van der Waals surface area contributed by atoms with E-state index in [9.17, 15) is 4.79 Å². The Morgan fingerprint density at radius 1 is 1.17 bits per heavy atom. The van der Waals surface area contributed by atoms with E-state index in [0.717, 1.165) is 21.7 Å². The second-order valence-corrected chi connectivity index (χ2v) is 8.45. The first-order valence-corrected chi connectivity index (χ1v) is 10.4. The third-order valence-electron chi connectivity index (χ3n) is 4.35. The Bertz CT molecular complexity index is 1150. The molecule has 0 saturated carbocycles. The van der Waals surface area contributed by atoms with Gasteiger partial charge in [0, 0.05) is 32.5 Å². The number of carbonyl (C=O) groups excluding carboxylic acids is 1. The van der Waals surface area contributed by atoms with Crippen LogP contribution >= 0.6 is 34.5 Å². The van der Waals surface area contributed by atoms with E-state index in [0.29, 0.717) is 32.9 Å². The molecule has 1 amide bonds. The van der Waals surface area contributed by atoms with Gasteiger partial charge >= 0.3 is 0 Å². The van der Waals surface area contributed by atoms with Gasteiger partial charge in [0.2, 0.25) is 0 Å². The van der Waals surface area contributed by atoms with E-state index in [4.69, 9.17) is 27.9 Å². The summed E-state index contributed by atoms with van der Waals surface area (Å²) in [5.41, 5.74) is 3.18. The maximum atomic E-state index is 12.8. The molecule has 29 heavy (non-hydrogen) atoms. The molecule has 146 valence electrons. The summed E-state index contributed by atoms with van der Waals surface area (Å²) in [5, 5.41) is 4.71. The van der Waals surface area contributed by atoms with Crippen molar-refractivity contribution in [3.05, 3.63) is 92.1 Å². The Morgan fingerprint density at radius 2 is 2.00 bits per heavy atom. The number of halogens is 2. The number of ether oxygens (including phenoxy) is 1. The van der Waals surface area contributed by atoms with Gasteiger partial charge in [-0.1, -0.05) is 35.3 Å². The summed E-state index contributed by atoms with van der Waals surface area (Å²) in [6, 6.07) is 13.0. The maximum absolute atomic E-state index is 12.8. The number of amides is 1. The lowest BCUT2D eigenvalue weighted by molar-refractivity contribution is -0.112. The van der Waals surface area contributed by atoms with E-state index < -0.39 is 0 Å². The highest BCUT2D eigenvalue weighted by Gasteiger charge is 2.16. The Morgan fingerprint density at radius 3 is 2.83 bits per heavy atom. The van der Waals surface area contributed by atoms with Crippen LogP contribution in [-0.2, 0) is 11.2 Å². The van der Waals surface area contributed by atoms with Crippen molar-refractivity contribution in [2.75, 3.05) is 5.32 Å². The predicted octanol–water partition coefficient (Wildman–Crippen LogP) is 6.28. The molecule has 4 nitrogen and oxygen atoms in total. The van der Waals surface area contributed by atoms with E-state index in [2.05, 4.69) is 10.3 Å². The number of hydrogen-bond donors (Lipinski definition) is 1. The molecule has 0 atom stereocenters. The Balaban J connectivity index is 1.53. The molecule has 1 aliphatic rings. The minimum absolute atomic E-state index is 0.263. The van der Waals surface area contributed by atoms with E-state index in [1.54, 1.807) is 30.4 Å². The van der Waals surface area contributed by atoms with Crippen molar-refractivity contribution in [2.45, 2.75) is 13.3 Å². The van der Waals surface area contributed by atoms with E-state index in [1.165, 1.54) is 17.6 Å². The van der Waals surface area contributed by atoms with Gasteiger partial charge in [-0.3, -0.25) is 10.1 Å². The summed E-state index contributed by atoms with van der Waals surface area (Å²) in [4.78, 5) is 18.3. The number of anilines is 1. The fourth-order valence-corrected chi connectivity index (χ4v) is 4.31. The highest BCUT2D eigenvalue weighted by atomic mass is 35.5. The Kier molecular flexibility index (Phi) is 5.72. The highest BCUT2D eigenvalue weighted by Crippen LogP contribution is 2.29. The van der Waals surface area contributed by atoms with Gasteiger partial charge in [0.15, 0.2) is 5.13 Å². The lowest BCUT2D eigenvalue weighted by Crippen LogP contribution is -2.12. The van der Waals surface area contributed by atoms with Gasteiger partial charge in [-0.25, -0.2) is 4.98 Å². The van der Waals surface area contributed by atoms with Crippen molar-refractivity contribution in [1.29, 1.82) is 0 Å². The van der Waals surface area contributed by atoms with Crippen molar-refractivity contribution in [1.82, 2.24) is 4.98 Å². The topological polar surface area (TPSA) is 51.2 Å². The zero-order chi connectivity index (χ0) is 20.4. The van der Waals surface area contributed by atoms with Crippen LogP contribution < -0.4 is 10.1 Å². The molecule has 0 saturated heterocycles. The number of hydrogen-bond acceptors (Lipinski definition) is 4.